The number of hydrogen-bond acceptors (Lipinski definition) is 4. The van der Waals surface area contributed by atoms with Gasteiger partial charge in [-0.2, -0.15) is 0 Å². The molecule has 0 aromatic heterocycles. The van der Waals surface area contributed by atoms with E-state index in [-0.39, 0.29) is 6.42 Å². The third-order valence-electron chi connectivity index (χ3n) is 2.33. The van der Waals surface area contributed by atoms with Crippen LogP contribution in [0.1, 0.15) is 12.5 Å². The van der Waals surface area contributed by atoms with Crippen LogP contribution in [0.5, 0.6) is 11.5 Å². The van der Waals surface area contributed by atoms with Crippen LogP contribution in [0.2, 0.25) is 0 Å². The SMILES string of the molecule is CCOc1cc(OC)ccc1CC(N)C(=O)O. The van der Waals surface area contributed by atoms with Crippen LogP contribution in [0, 0.1) is 0 Å². The zero-order valence-electron chi connectivity index (χ0n) is 9.97. The van der Waals surface area contributed by atoms with Gasteiger partial charge in [0.05, 0.1) is 13.7 Å². The zero-order chi connectivity index (χ0) is 12.8. The lowest BCUT2D eigenvalue weighted by molar-refractivity contribution is -0.138. The van der Waals surface area contributed by atoms with Gasteiger partial charge in [0.1, 0.15) is 17.5 Å². The molecule has 1 aromatic rings. The van der Waals surface area contributed by atoms with Crippen molar-refractivity contribution in [2.45, 2.75) is 19.4 Å². The Bertz CT molecular complexity index is 392. The Labute approximate surface area is 100 Å². The average molecular weight is 239 g/mol. The Morgan fingerprint density at radius 1 is 1.53 bits per heavy atom. The number of methoxy groups -OCH3 is 1. The van der Waals surface area contributed by atoms with Crippen LogP contribution in [0.25, 0.3) is 0 Å². The molecular weight excluding hydrogens is 222 g/mol. The molecule has 5 nitrogen and oxygen atoms in total. The quantitative estimate of drug-likeness (QED) is 0.775. The summed E-state index contributed by atoms with van der Waals surface area (Å²) < 4.78 is 10.5. The topological polar surface area (TPSA) is 81.8 Å². The Morgan fingerprint density at radius 3 is 2.76 bits per heavy atom. The van der Waals surface area contributed by atoms with Crippen LogP contribution in [0.3, 0.4) is 0 Å². The van der Waals surface area contributed by atoms with E-state index in [0.29, 0.717) is 18.1 Å². The van der Waals surface area contributed by atoms with Crippen LogP contribution < -0.4 is 15.2 Å². The Hall–Kier alpha value is -1.75. The number of nitrogens with two attached hydrogens (primary N) is 1. The van der Waals surface area contributed by atoms with Crippen molar-refractivity contribution in [3.63, 3.8) is 0 Å². The molecule has 0 heterocycles. The molecule has 0 aliphatic heterocycles. The molecular formula is C12H17NO4. The second-order valence-corrected chi connectivity index (χ2v) is 3.56. The van der Waals surface area contributed by atoms with E-state index in [9.17, 15) is 4.79 Å². The molecule has 0 radical (unpaired) electrons. The highest BCUT2D eigenvalue weighted by Gasteiger charge is 2.15. The fraction of sp³-hybridized carbons (Fsp3) is 0.417. The van der Waals surface area contributed by atoms with E-state index < -0.39 is 12.0 Å². The number of carboxylic acid groups (broad SMARTS) is 1. The fourth-order valence-corrected chi connectivity index (χ4v) is 1.44. The summed E-state index contributed by atoms with van der Waals surface area (Å²) in [5, 5.41) is 8.77. The number of ether oxygens (including phenoxy) is 2. The minimum absolute atomic E-state index is 0.231. The monoisotopic (exact) mass is 239 g/mol. The van der Waals surface area contributed by atoms with Gasteiger partial charge < -0.3 is 20.3 Å². The van der Waals surface area contributed by atoms with Gasteiger partial charge in [-0.1, -0.05) is 6.07 Å². The highest BCUT2D eigenvalue weighted by atomic mass is 16.5. The zero-order valence-corrected chi connectivity index (χ0v) is 9.97. The van der Waals surface area contributed by atoms with Gasteiger partial charge in [-0.3, -0.25) is 4.79 Å². The van der Waals surface area contributed by atoms with Gasteiger partial charge in [-0.25, -0.2) is 0 Å². The summed E-state index contributed by atoms with van der Waals surface area (Å²) in [6.07, 6.45) is 0.231. The maximum absolute atomic E-state index is 10.7. The first-order valence-electron chi connectivity index (χ1n) is 5.36. The molecule has 0 spiro atoms. The van der Waals surface area contributed by atoms with Crippen LogP contribution in [0.15, 0.2) is 18.2 Å². The normalized spacial score (nSPS) is 11.9. The molecule has 1 unspecified atom stereocenters. The van der Waals surface area contributed by atoms with Crippen molar-refractivity contribution >= 4 is 5.97 Å². The predicted octanol–water partition coefficient (Wildman–Crippen LogP) is 1.05. The highest BCUT2D eigenvalue weighted by Crippen LogP contribution is 2.25. The summed E-state index contributed by atoms with van der Waals surface area (Å²) in [5.74, 6) is 0.257. The van der Waals surface area contributed by atoms with Crippen LogP contribution in [0.4, 0.5) is 0 Å². The maximum atomic E-state index is 10.7. The predicted molar refractivity (Wildman–Crippen MR) is 63.5 cm³/mol. The number of aliphatic carboxylic acids is 1. The fourth-order valence-electron chi connectivity index (χ4n) is 1.44. The van der Waals surface area contributed by atoms with Gasteiger partial charge in [0.25, 0.3) is 0 Å². The van der Waals surface area contributed by atoms with Gasteiger partial charge in [-0.15, -0.1) is 0 Å². The van der Waals surface area contributed by atoms with Crippen molar-refractivity contribution in [1.82, 2.24) is 0 Å². The number of carbonyl (C=O) groups is 1. The van der Waals surface area contributed by atoms with E-state index in [1.54, 1.807) is 25.3 Å². The lowest BCUT2D eigenvalue weighted by Crippen LogP contribution is -2.32. The third-order valence-corrected chi connectivity index (χ3v) is 2.33. The maximum Gasteiger partial charge on any atom is 0.320 e. The largest absolute Gasteiger partial charge is 0.497 e. The van der Waals surface area contributed by atoms with Gasteiger partial charge >= 0.3 is 5.97 Å². The summed E-state index contributed by atoms with van der Waals surface area (Å²) in [4.78, 5) is 10.7. The van der Waals surface area contributed by atoms with E-state index in [1.807, 2.05) is 6.92 Å². The van der Waals surface area contributed by atoms with Crippen molar-refractivity contribution in [3.05, 3.63) is 23.8 Å². The minimum Gasteiger partial charge on any atom is -0.497 e. The molecule has 0 saturated heterocycles. The summed E-state index contributed by atoms with van der Waals surface area (Å²) in [6.45, 7) is 2.36. The first-order valence-corrected chi connectivity index (χ1v) is 5.36. The third kappa shape index (κ3) is 3.64. The van der Waals surface area contributed by atoms with Crippen LogP contribution >= 0.6 is 0 Å². The lowest BCUT2D eigenvalue weighted by Gasteiger charge is -2.13. The Kier molecular flexibility index (Phi) is 4.78. The first kappa shape index (κ1) is 13.3. The smallest absolute Gasteiger partial charge is 0.320 e. The first-order chi connectivity index (χ1) is 8.08. The van der Waals surface area contributed by atoms with Crippen LogP contribution in [-0.2, 0) is 11.2 Å². The van der Waals surface area contributed by atoms with Gasteiger partial charge in [0.2, 0.25) is 0 Å². The molecule has 94 valence electrons. The molecule has 0 fully saturated rings. The Morgan fingerprint density at radius 2 is 2.24 bits per heavy atom. The van der Waals surface area contributed by atoms with E-state index >= 15 is 0 Å². The summed E-state index contributed by atoms with van der Waals surface area (Å²) >= 11 is 0. The molecule has 0 bridgehead atoms. The molecule has 3 N–H and O–H groups in total. The van der Waals surface area contributed by atoms with Gasteiger partial charge in [0.15, 0.2) is 0 Å². The second-order valence-electron chi connectivity index (χ2n) is 3.56. The molecule has 5 heteroatoms. The molecule has 1 atom stereocenters. The van der Waals surface area contributed by atoms with E-state index in [4.69, 9.17) is 20.3 Å². The second kappa shape index (κ2) is 6.10. The van der Waals surface area contributed by atoms with Crippen molar-refractivity contribution in [1.29, 1.82) is 0 Å². The van der Waals surface area contributed by atoms with Gasteiger partial charge in [-0.05, 0) is 18.6 Å². The average Bonchev–Trinajstić information content (AvgIpc) is 2.31. The number of rotatable bonds is 6. The summed E-state index contributed by atoms with van der Waals surface area (Å²) in [5.41, 5.74) is 6.26. The molecule has 0 aliphatic carbocycles. The van der Waals surface area contributed by atoms with Crippen molar-refractivity contribution in [2.24, 2.45) is 5.73 Å². The van der Waals surface area contributed by atoms with Gasteiger partial charge in [0, 0.05) is 12.5 Å². The summed E-state index contributed by atoms with van der Waals surface area (Å²) in [6, 6.07) is 4.33. The summed E-state index contributed by atoms with van der Waals surface area (Å²) in [7, 11) is 1.56. The lowest BCUT2D eigenvalue weighted by atomic mass is 10.1. The van der Waals surface area contributed by atoms with E-state index in [2.05, 4.69) is 0 Å². The molecule has 0 aliphatic rings. The number of benzene rings is 1. The number of carboxylic acids is 1. The Balaban J connectivity index is 2.93. The van der Waals surface area contributed by atoms with Crippen molar-refractivity contribution < 1.29 is 19.4 Å². The number of hydrogen-bond donors (Lipinski definition) is 2. The molecule has 1 aromatic carbocycles. The van der Waals surface area contributed by atoms with Crippen LogP contribution in [-0.4, -0.2) is 30.8 Å². The van der Waals surface area contributed by atoms with E-state index in [1.165, 1.54) is 0 Å². The molecule has 0 amide bonds. The molecule has 0 saturated carbocycles. The highest BCUT2D eigenvalue weighted by molar-refractivity contribution is 5.73. The van der Waals surface area contributed by atoms with E-state index in [0.717, 1.165) is 5.56 Å². The van der Waals surface area contributed by atoms with Crippen molar-refractivity contribution in [2.75, 3.05) is 13.7 Å². The van der Waals surface area contributed by atoms with Crippen molar-refractivity contribution in [3.8, 4) is 11.5 Å². The standard InChI is InChI=1S/C12H17NO4/c1-3-17-11-7-9(16-2)5-4-8(11)6-10(13)12(14)15/h4-5,7,10H,3,6,13H2,1-2H3,(H,14,15). The molecule has 1 rings (SSSR count). The molecule has 17 heavy (non-hydrogen) atoms. The minimum atomic E-state index is -1.02.